The summed E-state index contributed by atoms with van der Waals surface area (Å²) >= 11 is 1.35. The van der Waals surface area contributed by atoms with Gasteiger partial charge in [0.2, 0.25) is 0 Å². The summed E-state index contributed by atoms with van der Waals surface area (Å²) in [6, 6.07) is 12.2. The van der Waals surface area contributed by atoms with Gasteiger partial charge in [-0.1, -0.05) is 29.5 Å². The average molecular weight is 414 g/mol. The fourth-order valence-corrected chi connectivity index (χ4v) is 3.83. The number of thioether (sulfide) groups is 1. The molecule has 152 valence electrons. The summed E-state index contributed by atoms with van der Waals surface area (Å²) in [4.78, 5) is 14.0. The van der Waals surface area contributed by atoms with Crippen LogP contribution in [0.15, 0.2) is 47.6 Å². The molecule has 0 aliphatic heterocycles. The van der Waals surface area contributed by atoms with Crippen molar-refractivity contribution in [3.63, 3.8) is 0 Å². The van der Waals surface area contributed by atoms with Crippen molar-refractivity contribution in [3.05, 3.63) is 70.8 Å². The predicted octanol–water partition coefficient (Wildman–Crippen LogP) is 3.20. The molecule has 0 amide bonds. The normalized spacial score (nSPS) is 12.4. The summed E-state index contributed by atoms with van der Waals surface area (Å²) < 4.78 is 15.3. The van der Waals surface area contributed by atoms with Crippen LogP contribution >= 0.6 is 11.8 Å². The number of nitrogens with zero attached hydrogens (tertiary/aromatic N) is 3. The molecule has 29 heavy (non-hydrogen) atoms. The molecule has 1 atom stereocenters. The van der Waals surface area contributed by atoms with Crippen molar-refractivity contribution < 1.29 is 14.1 Å². The Morgan fingerprint density at radius 2 is 1.83 bits per heavy atom. The first-order chi connectivity index (χ1) is 13.8. The van der Waals surface area contributed by atoms with Gasteiger partial charge in [-0.05, 0) is 56.7 Å². The molecule has 1 N–H and O–H groups in total. The third-order valence-electron chi connectivity index (χ3n) is 5.02. The first kappa shape index (κ1) is 21.2. The molecule has 0 saturated heterocycles. The Balaban J connectivity index is 1.92. The van der Waals surface area contributed by atoms with Crippen LogP contribution in [0.25, 0.3) is 5.69 Å². The van der Waals surface area contributed by atoms with Crippen molar-refractivity contribution in [2.45, 2.75) is 32.0 Å². The van der Waals surface area contributed by atoms with Crippen LogP contribution in [0.2, 0.25) is 0 Å². The Hall–Kier alpha value is -2.51. The lowest BCUT2D eigenvalue weighted by molar-refractivity contribution is -0.890. The zero-order valence-electron chi connectivity index (χ0n) is 17.4. The highest BCUT2D eigenvalue weighted by atomic mass is 32.2. The number of hydrogen-bond acceptors (Lipinski definition) is 4. The molecule has 7 heteroatoms. The van der Waals surface area contributed by atoms with Gasteiger partial charge in [-0.2, -0.15) is 0 Å². The number of aryl methyl sites for hydroxylation is 2. The van der Waals surface area contributed by atoms with Crippen LogP contribution < -0.4 is 4.90 Å². The minimum absolute atomic E-state index is 0.0534. The molecule has 0 fully saturated rings. The summed E-state index contributed by atoms with van der Waals surface area (Å²) in [7, 11) is 4.09. The molecule has 1 aromatic heterocycles. The smallest absolute Gasteiger partial charge is 0.196 e. The molecule has 3 rings (SSSR count). The molecule has 5 nitrogen and oxygen atoms in total. The number of aromatic nitrogens is 3. The van der Waals surface area contributed by atoms with Gasteiger partial charge in [0, 0.05) is 11.3 Å². The molecule has 0 aliphatic carbocycles. The Bertz CT molecular complexity index is 1010. The minimum Gasteiger partial charge on any atom is -0.331 e. The van der Waals surface area contributed by atoms with Crippen molar-refractivity contribution in [3.8, 4) is 5.69 Å². The lowest BCUT2D eigenvalue weighted by atomic mass is 10.0. The van der Waals surface area contributed by atoms with Crippen LogP contribution in [0.4, 0.5) is 4.39 Å². The monoisotopic (exact) mass is 413 g/mol. The summed E-state index contributed by atoms with van der Waals surface area (Å²) in [6.07, 6.45) is 0. The number of rotatable bonds is 7. The number of halogens is 1. The molecule has 2 aromatic carbocycles. The van der Waals surface area contributed by atoms with E-state index in [0.29, 0.717) is 5.16 Å². The number of carbonyl (C=O) groups is 1. The van der Waals surface area contributed by atoms with Gasteiger partial charge in [0.25, 0.3) is 0 Å². The van der Waals surface area contributed by atoms with Gasteiger partial charge >= 0.3 is 0 Å². The molecule has 3 aromatic rings. The van der Waals surface area contributed by atoms with Crippen molar-refractivity contribution in [2.24, 2.45) is 0 Å². The largest absolute Gasteiger partial charge is 0.331 e. The quantitative estimate of drug-likeness (QED) is 0.477. The maximum Gasteiger partial charge on any atom is 0.196 e. The number of Topliss-reactive ketones (excluding diaryl/α,β-unsaturated/α-hetero) is 1. The fourth-order valence-electron chi connectivity index (χ4n) is 2.99. The lowest BCUT2D eigenvalue weighted by Crippen LogP contribution is -3.05. The van der Waals surface area contributed by atoms with Gasteiger partial charge in [0.05, 0.1) is 19.8 Å². The van der Waals surface area contributed by atoms with E-state index in [1.165, 1.54) is 28.8 Å². The number of ketones is 1. The Morgan fingerprint density at radius 1 is 1.14 bits per heavy atom. The summed E-state index contributed by atoms with van der Waals surface area (Å²) in [5.74, 6) is 0.789. The SMILES string of the molecule is Cc1ccc(C)c(C(=O)CSc2nnc([C@@H](C)[NH+](C)C)n2-c2ccc(F)cc2)c1. The van der Waals surface area contributed by atoms with Crippen LogP contribution in [-0.4, -0.2) is 40.4 Å². The molecule has 0 saturated carbocycles. The van der Waals surface area contributed by atoms with Crippen LogP contribution in [0.3, 0.4) is 0 Å². The first-order valence-electron chi connectivity index (χ1n) is 9.52. The zero-order valence-corrected chi connectivity index (χ0v) is 18.2. The van der Waals surface area contributed by atoms with E-state index in [0.717, 1.165) is 28.2 Å². The molecular formula is C22H26FN4OS+. The van der Waals surface area contributed by atoms with Gasteiger partial charge in [-0.25, -0.2) is 4.39 Å². The topological polar surface area (TPSA) is 52.2 Å². The molecule has 0 aliphatic rings. The molecular weight excluding hydrogens is 387 g/mol. The molecule has 1 heterocycles. The van der Waals surface area contributed by atoms with Gasteiger partial charge in [0.15, 0.2) is 16.8 Å². The number of benzene rings is 2. The minimum atomic E-state index is -0.297. The molecule has 0 spiro atoms. The third-order valence-corrected chi connectivity index (χ3v) is 5.95. The van der Waals surface area contributed by atoms with Gasteiger partial charge in [-0.15, -0.1) is 10.2 Å². The van der Waals surface area contributed by atoms with Crippen LogP contribution in [0, 0.1) is 19.7 Å². The predicted molar refractivity (Wildman–Crippen MR) is 114 cm³/mol. The fraction of sp³-hybridized carbons (Fsp3) is 0.318. The van der Waals surface area contributed by atoms with Gasteiger partial charge in [-0.3, -0.25) is 9.36 Å². The molecule has 0 radical (unpaired) electrons. The molecule has 0 bridgehead atoms. The van der Waals surface area contributed by atoms with E-state index < -0.39 is 0 Å². The van der Waals surface area contributed by atoms with E-state index in [1.807, 2.05) is 50.7 Å². The van der Waals surface area contributed by atoms with E-state index in [2.05, 4.69) is 17.1 Å². The summed E-state index contributed by atoms with van der Waals surface area (Å²) in [6.45, 7) is 5.98. The van der Waals surface area contributed by atoms with Crippen molar-refractivity contribution in [2.75, 3.05) is 19.8 Å². The summed E-state index contributed by atoms with van der Waals surface area (Å²) in [5, 5.41) is 9.35. The standard InChI is InChI=1S/C22H25FN4OS/c1-14-6-7-15(2)19(12-14)20(28)13-29-22-25-24-21(16(3)26(4)5)27(22)18-10-8-17(23)9-11-18/h6-12,16H,13H2,1-5H3/p+1/t16-/m1/s1. The second kappa shape index (κ2) is 8.88. The van der Waals surface area contributed by atoms with Crippen molar-refractivity contribution >= 4 is 17.5 Å². The second-order valence-electron chi connectivity index (χ2n) is 7.48. The van der Waals surface area contributed by atoms with Gasteiger partial charge in [0.1, 0.15) is 11.9 Å². The summed E-state index contributed by atoms with van der Waals surface area (Å²) in [5.41, 5.74) is 3.54. The Kier molecular flexibility index (Phi) is 6.49. The Morgan fingerprint density at radius 3 is 2.48 bits per heavy atom. The molecule has 0 unspecified atom stereocenters. The highest BCUT2D eigenvalue weighted by Gasteiger charge is 2.24. The van der Waals surface area contributed by atoms with E-state index in [1.54, 1.807) is 12.1 Å². The highest BCUT2D eigenvalue weighted by molar-refractivity contribution is 7.99. The third kappa shape index (κ3) is 4.74. The first-order valence-corrected chi connectivity index (χ1v) is 10.5. The van der Waals surface area contributed by atoms with Gasteiger partial charge < -0.3 is 4.90 Å². The van der Waals surface area contributed by atoms with E-state index >= 15 is 0 Å². The number of carbonyl (C=O) groups excluding carboxylic acids is 1. The zero-order chi connectivity index (χ0) is 21.1. The van der Waals surface area contributed by atoms with Crippen LogP contribution in [-0.2, 0) is 0 Å². The number of quaternary nitrogens is 1. The maximum absolute atomic E-state index is 13.4. The van der Waals surface area contributed by atoms with E-state index in [-0.39, 0.29) is 23.4 Å². The van der Waals surface area contributed by atoms with Crippen molar-refractivity contribution in [1.29, 1.82) is 0 Å². The Labute approximate surface area is 175 Å². The van der Waals surface area contributed by atoms with Crippen LogP contribution in [0.5, 0.6) is 0 Å². The van der Waals surface area contributed by atoms with Crippen molar-refractivity contribution in [1.82, 2.24) is 14.8 Å². The van der Waals surface area contributed by atoms with Crippen LogP contribution in [0.1, 0.15) is 40.3 Å². The lowest BCUT2D eigenvalue weighted by Gasteiger charge is -2.18. The van der Waals surface area contributed by atoms with E-state index in [4.69, 9.17) is 0 Å². The van der Waals surface area contributed by atoms with E-state index in [9.17, 15) is 9.18 Å². The maximum atomic E-state index is 13.4. The highest BCUT2D eigenvalue weighted by Crippen LogP contribution is 2.26. The number of hydrogen-bond donors (Lipinski definition) is 1. The second-order valence-corrected chi connectivity index (χ2v) is 8.42. The number of nitrogens with one attached hydrogen (secondary N) is 1. The average Bonchev–Trinajstić information content (AvgIpc) is 3.11.